The lowest BCUT2D eigenvalue weighted by Gasteiger charge is -2.21. The molecule has 0 radical (unpaired) electrons. The second-order valence-corrected chi connectivity index (χ2v) is 6.30. The zero-order chi connectivity index (χ0) is 17.5. The first kappa shape index (κ1) is 17.9. The number of aromatic nitrogens is 1. The quantitative estimate of drug-likeness (QED) is 0.844. The predicted molar refractivity (Wildman–Crippen MR) is 95.9 cm³/mol. The number of anilines is 1. The number of hydrogen-bond acceptors (Lipinski definition) is 4. The van der Waals surface area contributed by atoms with Gasteiger partial charge in [0.15, 0.2) is 0 Å². The van der Waals surface area contributed by atoms with E-state index in [9.17, 15) is 9.59 Å². The summed E-state index contributed by atoms with van der Waals surface area (Å²) in [6, 6.07) is 7.22. The highest BCUT2D eigenvalue weighted by molar-refractivity contribution is 7.09. The first-order valence-corrected chi connectivity index (χ1v) is 8.66. The Hall–Kier alpha value is -2.41. The van der Waals surface area contributed by atoms with Crippen molar-refractivity contribution < 1.29 is 9.59 Å². The third kappa shape index (κ3) is 4.79. The molecule has 24 heavy (non-hydrogen) atoms. The summed E-state index contributed by atoms with van der Waals surface area (Å²) in [4.78, 5) is 30.7. The van der Waals surface area contributed by atoms with Gasteiger partial charge in [-0.2, -0.15) is 0 Å². The van der Waals surface area contributed by atoms with Crippen LogP contribution < -0.4 is 10.6 Å². The van der Waals surface area contributed by atoms with Gasteiger partial charge in [-0.1, -0.05) is 18.2 Å². The molecular weight excluding hydrogens is 324 g/mol. The monoisotopic (exact) mass is 346 g/mol. The third-order valence-corrected chi connectivity index (χ3v) is 4.64. The molecule has 1 aromatic heterocycles. The molecule has 0 fully saturated rings. The standard InChI is InChI=1S/C17H22N4O2S/c1-4-21(13(3)22)10-14-7-5-6-8-15(14)20-17(23)18-9-16-12(2)19-11-24-16/h5-8,11H,4,9-10H2,1-3H3,(H2,18,20,23). The molecule has 0 aliphatic heterocycles. The summed E-state index contributed by atoms with van der Waals surface area (Å²) in [6.45, 7) is 6.93. The smallest absolute Gasteiger partial charge is 0.319 e. The highest BCUT2D eigenvalue weighted by Crippen LogP contribution is 2.17. The van der Waals surface area contributed by atoms with Crippen molar-refractivity contribution in [2.75, 3.05) is 11.9 Å². The van der Waals surface area contributed by atoms with E-state index in [1.54, 1.807) is 17.3 Å². The Morgan fingerprint density at radius 3 is 2.67 bits per heavy atom. The highest BCUT2D eigenvalue weighted by atomic mass is 32.1. The Kier molecular flexibility index (Phi) is 6.31. The lowest BCUT2D eigenvalue weighted by Crippen LogP contribution is -2.30. The SMILES string of the molecule is CCN(Cc1ccccc1NC(=O)NCc1scnc1C)C(C)=O. The maximum atomic E-state index is 12.1. The van der Waals surface area contributed by atoms with Crippen LogP contribution in [0, 0.1) is 6.92 Å². The summed E-state index contributed by atoms with van der Waals surface area (Å²) < 4.78 is 0. The molecule has 128 valence electrons. The molecule has 1 aromatic carbocycles. The first-order valence-electron chi connectivity index (χ1n) is 7.78. The van der Waals surface area contributed by atoms with Crippen LogP contribution in [0.4, 0.5) is 10.5 Å². The molecule has 0 spiro atoms. The zero-order valence-electron chi connectivity index (χ0n) is 14.1. The van der Waals surface area contributed by atoms with Gasteiger partial charge in [-0.15, -0.1) is 11.3 Å². The minimum absolute atomic E-state index is 0.0115. The molecule has 0 unspecified atom stereocenters. The average Bonchev–Trinajstić information content (AvgIpc) is 2.97. The molecule has 6 nitrogen and oxygen atoms in total. The maximum Gasteiger partial charge on any atom is 0.319 e. The average molecular weight is 346 g/mol. The Balaban J connectivity index is 2.00. The van der Waals surface area contributed by atoms with Crippen LogP contribution in [0.25, 0.3) is 0 Å². The Morgan fingerprint density at radius 1 is 1.29 bits per heavy atom. The fourth-order valence-corrected chi connectivity index (χ4v) is 2.97. The molecule has 2 aromatic rings. The summed E-state index contributed by atoms with van der Waals surface area (Å²) in [5.41, 5.74) is 4.30. The molecule has 0 saturated heterocycles. The van der Waals surface area contributed by atoms with E-state index in [4.69, 9.17) is 0 Å². The van der Waals surface area contributed by atoms with E-state index in [0.29, 0.717) is 25.3 Å². The van der Waals surface area contributed by atoms with Crippen molar-refractivity contribution in [2.24, 2.45) is 0 Å². The van der Waals surface area contributed by atoms with Crippen LogP contribution in [-0.2, 0) is 17.9 Å². The number of benzene rings is 1. The lowest BCUT2D eigenvalue weighted by molar-refractivity contribution is -0.129. The number of para-hydroxylation sites is 1. The molecule has 0 saturated carbocycles. The number of nitrogens with one attached hydrogen (secondary N) is 2. The van der Waals surface area contributed by atoms with Gasteiger partial charge in [0, 0.05) is 30.6 Å². The van der Waals surface area contributed by atoms with Gasteiger partial charge in [0.25, 0.3) is 0 Å². The second kappa shape index (κ2) is 8.44. The number of carbonyl (C=O) groups excluding carboxylic acids is 2. The van der Waals surface area contributed by atoms with Gasteiger partial charge in [0.2, 0.25) is 5.91 Å². The van der Waals surface area contributed by atoms with Gasteiger partial charge in [0.1, 0.15) is 0 Å². The van der Waals surface area contributed by atoms with Crippen molar-refractivity contribution in [1.82, 2.24) is 15.2 Å². The molecular formula is C17H22N4O2S. The molecule has 1 heterocycles. The molecule has 0 aliphatic carbocycles. The lowest BCUT2D eigenvalue weighted by atomic mass is 10.1. The van der Waals surface area contributed by atoms with Crippen LogP contribution in [0.2, 0.25) is 0 Å². The van der Waals surface area contributed by atoms with Crippen LogP contribution in [0.3, 0.4) is 0 Å². The fourth-order valence-electron chi connectivity index (χ4n) is 2.25. The maximum absolute atomic E-state index is 12.1. The van der Waals surface area contributed by atoms with E-state index >= 15 is 0 Å². The minimum atomic E-state index is -0.277. The Morgan fingerprint density at radius 2 is 2.04 bits per heavy atom. The van der Waals surface area contributed by atoms with E-state index < -0.39 is 0 Å². The minimum Gasteiger partial charge on any atom is -0.339 e. The summed E-state index contributed by atoms with van der Waals surface area (Å²) in [5, 5.41) is 5.69. The molecule has 0 aliphatic rings. The second-order valence-electron chi connectivity index (χ2n) is 5.36. The fraction of sp³-hybridized carbons (Fsp3) is 0.353. The van der Waals surface area contributed by atoms with E-state index in [1.165, 1.54) is 11.3 Å². The summed E-state index contributed by atoms with van der Waals surface area (Å²) >= 11 is 1.52. The number of urea groups is 1. The number of amides is 3. The number of thiazole rings is 1. The Labute approximate surface area is 145 Å². The van der Waals surface area contributed by atoms with Crippen molar-refractivity contribution in [3.63, 3.8) is 0 Å². The molecule has 7 heteroatoms. The van der Waals surface area contributed by atoms with Gasteiger partial charge in [-0.05, 0) is 25.5 Å². The number of aryl methyl sites for hydroxylation is 1. The van der Waals surface area contributed by atoms with E-state index in [0.717, 1.165) is 16.1 Å². The van der Waals surface area contributed by atoms with Gasteiger partial charge >= 0.3 is 6.03 Å². The van der Waals surface area contributed by atoms with E-state index in [2.05, 4.69) is 15.6 Å². The molecule has 2 rings (SSSR count). The van der Waals surface area contributed by atoms with Crippen LogP contribution >= 0.6 is 11.3 Å². The molecule has 0 bridgehead atoms. The molecule has 3 amide bonds. The Bertz CT molecular complexity index is 714. The van der Waals surface area contributed by atoms with Crippen molar-refractivity contribution in [1.29, 1.82) is 0 Å². The predicted octanol–water partition coefficient (Wildman–Crippen LogP) is 3.14. The van der Waals surface area contributed by atoms with E-state index in [-0.39, 0.29) is 11.9 Å². The van der Waals surface area contributed by atoms with E-state index in [1.807, 2.05) is 38.1 Å². The van der Waals surface area contributed by atoms with Crippen molar-refractivity contribution in [3.05, 3.63) is 45.9 Å². The number of rotatable bonds is 6. The first-order chi connectivity index (χ1) is 11.5. The normalized spacial score (nSPS) is 10.3. The zero-order valence-corrected chi connectivity index (χ0v) is 14.9. The number of hydrogen-bond donors (Lipinski definition) is 2. The molecule has 0 atom stereocenters. The van der Waals surface area contributed by atoms with Crippen molar-refractivity contribution in [2.45, 2.75) is 33.9 Å². The van der Waals surface area contributed by atoms with Gasteiger partial charge in [0.05, 0.1) is 17.7 Å². The van der Waals surface area contributed by atoms with Crippen LogP contribution in [0.1, 0.15) is 30.0 Å². The van der Waals surface area contributed by atoms with Gasteiger partial charge < -0.3 is 15.5 Å². The summed E-state index contributed by atoms with van der Waals surface area (Å²) in [5.74, 6) is 0.0115. The van der Waals surface area contributed by atoms with Crippen molar-refractivity contribution >= 4 is 29.0 Å². The van der Waals surface area contributed by atoms with Gasteiger partial charge in [-0.25, -0.2) is 9.78 Å². The summed E-state index contributed by atoms with van der Waals surface area (Å²) in [6.07, 6.45) is 0. The third-order valence-electron chi connectivity index (χ3n) is 3.71. The topological polar surface area (TPSA) is 74.3 Å². The highest BCUT2D eigenvalue weighted by Gasteiger charge is 2.12. The number of carbonyl (C=O) groups is 2. The molecule has 2 N–H and O–H groups in total. The van der Waals surface area contributed by atoms with Crippen LogP contribution in [-0.4, -0.2) is 28.4 Å². The van der Waals surface area contributed by atoms with Gasteiger partial charge in [-0.3, -0.25) is 4.79 Å². The summed E-state index contributed by atoms with van der Waals surface area (Å²) in [7, 11) is 0. The number of nitrogens with zero attached hydrogens (tertiary/aromatic N) is 2. The van der Waals surface area contributed by atoms with Crippen molar-refractivity contribution in [3.8, 4) is 0 Å². The van der Waals surface area contributed by atoms with Crippen LogP contribution in [0.5, 0.6) is 0 Å². The van der Waals surface area contributed by atoms with Crippen LogP contribution in [0.15, 0.2) is 29.8 Å². The largest absolute Gasteiger partial charge is 0.339 e.